The van der Waals surface area contributed by atoms with Crippen LogP contribution in [0.15, 0.2) is 58.7 Å². The summed E-state index contributed by atoms with van der Waals surface area (Å²) in [5, 5.41) is 45.4. The van der Waals surface area contributed by atoms with Crippen LogP contribution in [0.1, 0.15) is 105 Å². The zero-order chi connectivity index (χ0) is 28.8. The molecule has 5 atom stereocenters. The summed E-state index contributed by atoms with van der Waals surface area (Å²) < 4.78 is 0. The third kappa shape index (κ3) is 6.93. The first-order chi connectivity index (χ1) is 18.4. The first kappa shape index (κ1) is 31.7. The van der Waals surface area contributed by atoms with Crippen molar-refractivity contribution in [2.45, 2.75) is 122 Å². The number of aldehydes is 1. The van der Waals surface area contributed by atoms with E-state index in [4.69, 9.17) is 0 Å². The molecule has 0 amide bonds. The number of rotatable bonds is 11. The Hall–Kier alpha value is -1.79. The van der Waals surface area contributed by atoms with Crippen LogP contribution in [0.25, 0.3) is 0 Å². The van der Waals surface area contributed by atoms with E-state index in [1.807, 2.05) is 32.1 Å². The lowest BCUT2D eigenvalue weighted by atomic mass is 9.52. The van der Waals surface area contributed by atoms with E-state index in [9.17, 15) is 25.2 Å². The van der Waals surface area contributed by atoms with Crippen LogP contribution in [0.3, 0.4) is 0 Å². The summed E-state index contributed by atoms with van der Waals surface area (Å²) in [6, 6.07) is 0. The molecule has 218 valence electrons. The van der Waals surface area contributed by atoms with Crippen molar-refractivity contribution in [1.82, 2.24) is 0 Å². The summed E-state index contributed by atoms with van der Waals surface area (Å²) in [4.78, 5) is 11.9. The van der Waals surface area contributed by atoms with Crippen molar-refractivity contribution >= 4 is 6.29 Å². The minimum atomic E-state index is -1.13. The van der Waals surface area contributed by atoms with Crippen LogP contribution in [0.5, 0.6) is 0 Å². The summed E-state index contributed by atoms with van der Waals surface area (Å²) in [5.74, 6) is -0.501. The zero-order valence-electron chi connectivity index (χ0n) is 24.7. The fraction of sp³-hybridized carbons (Fsp3) is 0.676. The van der Waals surface area contributed by atoms with E-state index in [-0.39, 0.29) is 18.4 Å². The molecule has 0 aromatic heterocycles. The van der Waals surface area contributed by atoms with Gasteiger partial charge in [0.15, 0.2) is 0 Å². The van der Waals surface area contributed by atoms with Gasteiger partial charge in [0.05, 0.1) is 23.9 Å². The molecule has 4 N–H and O–H groups in total. The number of carbonyl (C=O) groups excluding carboxylic acids is 1. The summed E-state index contributed by atoms with van der Waals surface area (Å²) >= 11 is 0. The smallest absolute Gasteiger partial charge is 0.145 e. The first-order valence-electron chi connectivity index (χ1n) is 15.0. The molecule has 5 heteroatoms. The van der Waals surface area contributed by atoms with Gasteiger partial charge in [-0.1, -0.05) is 60.4 Å². The molecule has 0 radical (unpaired) electrons. The van der Waals surface area contributed by atoms with Crippen molar-refractivity contribution in [2.24, 2.45) is 17.3 Å². The molecule has 39 heavy (non-hydrogen) atoms. The highest BCUT2D eigenvalue weighted by Crippen LogP contribution is 2.63. The van der Waals surface area contributed by atoms with E-state index < -0.39 is 22.7 Å². The number of allylic oxidation sites excluding steroid dienone is 8. The first-order valence-corrected chi connectivity index (χ1v) is 15.0. The predicted molar refractivity (Wildman–Crippen MR) is 158 cm³/mol. The third-order valence-electron chi connectivity index (χ3n) is 10.1. The Balaban J connectivity index is 1.90. The van der Waals surface area contributed by atoms with Crippen LogP contribution in [0, 0.1) is 17.3 Å². The normalized spacial score (nSPS) is 34.1. The standard InChI is InChI=1S/C34H52O5/c1-24(2)10-8-11-25(3)12-9-13-27(23-36)29-15-21-34(31(29)37)30(16-20-33(39)17-6-7-18-33)28(26(4)22-35)14-19-32(34,5)38/h9-10,12-13,22,29-31,36-39H,3,6-8,11,14-21,23H2,1-2,4-5H3/b12-9+,27-13-,28-26+/t29-,30-,31-,32-,34-/m1/s1. The quantitative estimate of drug-likeness (QED) is 0.107. The highest BCUT2D eigenvalue weighted by atomic mass is 16.3. The molecule has 3 fully saturated rings. The Bertz CT molecular complexity index is 1000. The number of aliphatic hydroxyl groups is 4. The van der Waals surface area contributed by atoms with Crippen molar-refractivity contribution in [3.05, 3.63) is 58.7 Å². The number of carbonyl (C=O) groups is 1. The molecule has 0 aliphatic heterocycles. The molecule has 3 aliphatic rings. The Kier molecular flexibility index (Phi) is 10.8. The molecule has 3 rings (SSSR count). The van der Waals surface area contributed by atoms with Crippen molar-refractivity contribution in [3.8, 4) is 0 Å². The van der Waals surface area contributed by atoms with E-state index in [0.717, 1.165) is 61.5 Å². The maximum atomic E-state index is 12.0. The average molecular weight is 541 g/mol. The molecule has 5 nitrogen and oxygen atoms in total. The van der Waals surface area contributed by atoms with Gasteiger partial charge in [-0.05, 0) is 109 Å². The minimum Gasteiger partial charge on any atom is -0.392 e. The second kappa shape index (κ2) is 13.2. The van der Waals surface area contributed by atoms with Gasteiger partial charge in [0.25, 0.3) is 0 Å². The third-order valence-corrected chi connectivity index (χ3v) is 10.1. The molecular formula is C34H52O5. The summed E-state index contributed by atoms with van der Waals surface area (Å²) in [6.45, 7) is 11.8. The van der Waals surface area contributed by atoms with Crippen molar-refractivity contribution in [2.75, 3.05) is 6.61 Å². The monoisotopic (exact) mass is 540 g/mol. The maximum Gasteiger partial charge on any atom is 0.145 e. The van der Waals surface area contributed by atoms with Crippen molar-refractivity contribution < 1.29 is 25.2 Å². The second-order valence-corrected chi connectivity index (χ2v) is 13.0. The van der Waals surface area contributed by atoms with Gasteiger partial charge in [-0.3, -0.25) is 4.79 Å². The van der Waals surface area contributed by atoms with Crippen molar-refractivity contribution in [3.63, 3.8) is 0 Å². The Morgan fingerprint density at radius 2 is 1.79 bits per heavy atom. The largest absolute Gasteiger partial charge is 0.392 e. The van der Waals surface area contributed by atoms with Gasteiger partial charge in [0.1, 0.15) is 6.29 Å². The fourth-order valence-corrected chi connectivity index (χ4v) is 7.79. The lowest BCUT2D eigenvalue weighted by molar-refractivity contribution is -0.169. The molecule has 3 aliphatic carbocycles. The topological polar surface area (TPSA) is 98.0 Å². The second-order valence-electron chi connectivity index (χ2n) is 13.0. The maximum absolute atomic E-state index is 12.0. The Morgan fingerprint density at radius 3 is 2.41 bits per heavy atom. The minimum absolute atomic E-state index is 0.172. The lowest BCUT2D eigenvalue weighted by Crippen LogP contribution is -2.59. The average Bonchev–Trinajstić information content (AvgIpc) is 3.47. The van der Waals surface area contributed by atoms with Gasteiger partial charge < -0.3 is 20.4 Å². The molecular weight excluding hydrogens is 488 g/mol. The highest BCUT2D eigenvalue weighted by molar-refractivity contribution is 5.74. The van der Waals surface area contributed by atoms with Crippen LogP contribution in [-0.4, -0.2) is 50.6 Å². The van der Waals surface area contributed by atoms with Crippen LogP contribution >= 0.6 is 0 Å². The van der Waals surface area contributed by atoms with E-state index in [1.54, 1.807) is 0 Å². The molecule has 0 aromatic rings. The van der Waals surface area contributed by atoms with E-state index in [2.05, 4.69) is 26.5 Å². The molecule has 0 unspecified atom stereocenters. The van der Waals surface area contributed by atoms with Crippen LogP contribution in [-0.2, 0) is 4.79 Å². The van der Waals surface area contributed by atoms with Crippen LogP contribution in [0.4, 0.5) is 0 Å². The summed E-state index contributed by atoms with van der Waals surface area (Å²) in [5.41, 5.74) is 2.04. The molecule has 0 bridgehead atoms. The number of hydrogen-bond acceptors (Lipinski definition) is 5. The predicted octanol–water partition coefficient (Wildman–Crippen LogP) is 6.28. The molecule has 0 heterocycles. The van der Waals surface area contributed by atoms with E-state index in [1.165, 1.54) is 5.57 Å². The molecule has 1 spiro atoms. The lowest BCUT2D eigenvalue weighted by Gasteiger charge is -2.56. The van der Waals surface area contributed by atoms with Gasteiger partial charge >= 0.3 is 0 Å². The summed E-state index contributed by atoms with van der Waals surface area (Å²) in [6.07, 6.45) is 16.9. The highest BCUT2D eigenvalue weighted by Gasteiger charge is 2.64. The number of aliphatic hydroxyl groups excluding tert-OH is 2. The fourth-order valence-electron chi connectivity index (χ4n) is 7.79. The Labute approximate surface area is 236 Å². The Morgan fingerprint density at radius 1 is 1.10 bits per heavy atom. The van der Waals surface area contributed by atoms with Gasteiger partial charge in [-0.2, -0.15) is 0 Å². The van der Waals surface area contributed by atoms with E-state index in [0.29, 0.717) is 44.1 Å². The molecule has 0 saturated heterocycles. The molecule has 3 saturated carbocycles. The van der Waals surface area contributed by atoms with Gasteiger partial charge in [-0.25, -0.2) is 0 Å². The zero-order valence-corrected chi connectivity index (χ0v) is 24.7. The van der Waals surface area contributed by atoms with Crippen LogP contribution < -0.4 is 0 Å². The molecule has 0 aromatic carbocycles. The van der Waals surface area contributed by atoms with Gasteiger partial charge in [-0.15, -0.1) is 0 Å². The van der Waals surface area contributed by atoms with Gasteiger partial charge in [0.2, 0.25) is 0 Å². The summed E-state index contributed by atoms with van der Waals surface area (Å²) in [7, 11) is 0. The number of hydrogen-bond donors (Lipinski definition) is 4. The van der Waals surface area contributed by atoms with Crippen molar-refractivity contribution in [1.29, 1.82) is 0 Å². The van der Waals surface area contributed by atoms with Crippen LogP contribution in [0.2, 0.25) is 0 Å². The van der Waals surface area contributed by atoms with Gasteiger partial charge in [0, 0.05) is 11.3 Å². The SMILES string of the molecule is C=C(/C=C/C=C(/CO)[C@H]1CC[C@@]2([C@H](CCC3(O)CCCC3)/C(=C(\C)C=O)CC[C@@]2(C)O)[C@@H]1O)CCC=C(C)C. The van der Waals surface area contributed by atoms with E-state index >= 15 is 0 Å².